The number of hydrogen-bond acceptors (Lipinski definition) is 2. The molecule has 2 aromatic carbocycles. The van der Waals surface area contributed by atoms with Gasteiger partial charge in [0.15, 0.2) is 0 Å². The van der Waals surface area contributed by atoms with Crippen molar-refractivity contribution in [2.24, 2.45) is 0 Å². The number of amides is 2. The molecular formula is C18H14ClNO2. The average Bonchev–Trinajstić information content (AvgIpc) is 2.78. The molecule has 110 valence electrons. The van der Waals surface area contributed by atoms with Crippen LogP contribution in [0.2, 0.25) is 0 Å². The molecule has 2 aromatic rings. The number of nitrogens with zero attached hydrogens (tertiary/aromatic N) is 1. The highest BCUT2D eigenvalue weighted by Gasteiger charge is 2.39. The van der Waals surface area contributed by atoms with Gasteiger partial charge < -0.3 is 0 Å². The van der Waals surface area contributed by atoms with Crippen molar-refractivity contribution in [1.29, 1.82) is 0 Å². The second-order valence-electron chi connectivity index (χ2n) is 5.02. The lowest BCUT2D eigenvalue weighted by Crippen LogP contribution is -2.31. The Hall–Kier alpha value is -2.39. The van der Waals surface area contributed by atoms with Crippen molar-refractivity contribution >= 4 is 34.7 Å². The topological polar surface area (TPSA) is 37.4 Å². The highest BCUT2D eigenvalue weighted by atomic mass is 35.5. The molecule has 0 saturated heterocycles. The Bertz CT molecular complexity index is 763. The minimum Gasteiger partial charge on any atom is -0.268 e. The lowest BCUT2D eigenvalue weighted by molar-refractivity contribution is -0.119. The number of benzene rings is 2. The molecule has 1 aliphatic heterocycles. The van der Waals surface area contributed by atoms with Gasteiger partial charge in [-0.05, 0) is 29.7 Å². The van der Waals surface area contributed by atoms with E-state index in [9.17, 15) is 9.59 Å². The number of anilines is 1. The Morgan fingerprint density at radius 2 is 1.55 bits per heavy atom. The first-order chi connectivity index (χ1) is 10.6. The molecule has 1 heterocycles. The minimum absolute atomic E-state index is 0.0317. The summed E-state index contributed by atoms with van der Waals surface area (Å²) in [5, 5.41) is -0.0317. The smallest absolute Gasteiger partial charge is 0.268 e. The Balaban J connectivity index is 2.00. The number of aryl methyl sites for hydroxylation is 1. The van der Waals surface area contributed by atoms with E-state index in [0.717, 1.165) is 16.9 Å². The highest BCUT2D eigenvalue weighted by Crippen LogP contribution is 2.34. The zero-order valence-electron chi connectivity index (χ0n) is 12.0. The Morgan fingerprint density at radius 1 is 0.909 bits per heavy atom. The molecule has 0 spiro atoms. The zero-order valence-corrected chi connectivity index (χ0v) is 12.8. The molecule has 2 amide bonds. The Kier molecular flexibility index (Phi) is 3.82. The number of carbonyl (C=O) groups is 2. The van der Waals surface area contributed by atoms with Gasteiger partial charge in [-0.15, -0.1) is 0 Å². The first-order valence-corrected chi connectivity index (χ1v) is 7.44. The molecule has 0 fully saturated rings. The standard InChI is InChI=1S/C18H14ClNO2/c1-2-12-8-10-14(11-9-12)20-17(21)15(16(19)18(20)22)13-6-4-3-5-7-13/h3-11H,2H2,1H3. The van der Waals surface area contributed by atoms with Gasteiger partial charge in [-0.2, -0.15) is 0 Å². The van der Waals surface area contributed by atoms with E-state index in [0.29, 0.717) is 11.3 Å². The van der Waals surface area contributed by atoms with Crippen molar-refractivity contribution < 1.29 is 9.59 Å². The molecule has 0 bridgehead atoms. The van der Waals surface area contributed by atoms with E-state index >= 15 is 0 Å². The van der Waals surface area contributed by atoms with Crippen molar-refractivity contribution in [2.75, 3.05) is 4.90 Å². The molecule has 0 atom stereocenters. The summed E-state index contributed by atoms with van der Waals surface area (Å²) in [6.45, 7) is 2.05. The molecular weight excluding hydrogens is 298 g/mol. The van der Waals surface area contributed by atoms with E-state index in [1.54, 1.807) is 24.3 Å². The lowest BCUT2D eigenvalue weighted by atomic mass is 10.1. The third-order valence-corrected chi connectivity index (χ3v) is 4.04. The highest BCUT2D eigenvalue weighted by molar-refractivity contribution is 6.60. The molecule has 3 nitrogen and oxygen atoms in total. The summed E-state index contributed by atoms with van der Waals surface area (Å²) >= 11 is 6.13. The summed E-state index contributed by atoms with van der Waals surface area (Å²) < 4.78 is 0. The van der Waals surface area contributed by atoms with Crippen molar-refractivity contribution in [3.05, 3.63) is 70.8 Å². The predicted molar refractivity (Wildman–Crippen MR) is 87.5 cm³/mol. The second kappa shape index (κ2) is 5.78. The first kappa shape index (κ1) is 14.5. The van der Waals surface area contributed by atoms with Crippen molar-refractivity contribution in [2.45, 2.75) is 13.3 Å². The van der Waals surface area contributed by atoms with Crippen LogP contribution >= 0.6 is 11.6 Å². The van der Waals surface area contributed by atoms with Gasteiger partial charge in [0, 0.05) is 0 Å². The maximum absolute atomic E-state index is 12.6. The van der Waals surface area contributed by atoms with Gasteiger partial charge in [0.2, 0.25) is 0 Å². The van der Waals surface area contributed by atoms with Crippen molar-refractivity contribution in [3.8, 4) is 0 Å². The maximum atomic E-state index is 12.6. The van der Waals surface area contributed by atoms with Gasteiger partial charge in [-0.25, -0.2) is 4.90 Å². The van der Waals surface area contributed by atoms with E-state index in [-0.39, 0.29) is 16.5 Å². The fourth-order valence-corrected chi connectivity index (χ4v) is 2.75. The van der Waals surface area contributed by atoms with Crippen LogP contribution in [-0.2, 0) is 16.0 Å². The normalized spacial score (nSPS) is 14.9. The number of rotatable bonds is 3. The first-order valence-electron chi connectivity index (χ1n) is 7.06. The lowest BCUT2D eigenvalue weighted by Gasteiger charge is -2.15. The summed E-state index contributed by atoms with van der Waals surface area (Å²) in [6.07, 6.45) is 0.899. The van der Waals surface area contributed by atoms with Crippen molar-refractivity contribution in [3.63, 3.8) is 0 Å². The van der Waals surface area contributed by atoms with E-state index in [1.807, 2.05) is 37.3 Å². The molecule has 0 unspecified atom stereocenters. The molecule has 3 rings (SSSR count). The summed E-state index contributed by atoms with van der Waals surface area (Å²) in [6, 6.07) is 16.4. The zero-order chi connectivity index (χ0) is 15.7. The van der Waals surface area contributed by atoms with Gasteiger partial charge in [0.25, 0.3) is 11.8 Å². The monoisotopic (exact) mass is 311 g/mol. The fourth-order valence-electron chi connectivity index (χ4n) is 2.47. The average molecular weight is 312 g/mol. The number of imide groups is 1. The van der Waals surface area contributed by atoms with Gasteiger partial charge in [-0.3, -0.25) is 9.59 Å². The maximum Gasteiger partial charge on any atom is 0.277 e. The molecule has 0 aliphatic carbocycles. The van der Waals surface area contributed by atoms with E-state index in [4.69, 9.17) is 11.6 Å². The van der Waals surface area contributed by atoms with E-state index < -0.39 is 5.91 Å². The fraction of sp³-hybridized carbons (Fsp3) is 0.111. The summed E-state index contributed by atoms with van der Waals surface area (Å²) in [5.74, 6) is -0.861. The summed E-state index contributed by atoms with van der Waals surface area (Å²) in [7, 11) is 0. The molecule has 0 saturated carbocycles. The van der Waals surface area contributed by atoms with E-state index in [2.05, 4.69) is 0 Å². The number of hydrogen-bond donors (Lipinski definition) is 0. The molecule has 0 N–H and O–H groups in total. The third kappa shape index (κ3) is 2.34. The van der Waals surface area contributed by atoms with Crippen LogP contribution in [-0.4, -0.2) is 11.8 Å². The van der Waals surface area contributed by atoms with Crippen LogP contribution in [0.4, 0.5) is 5.69 Å². The van der Waals surface area contributed by atoms with Gasteiger partial charge >= 0.3 is 0 Å². The van der Waals surface area contributed by atoms with E-state index in [1.165, 1.54) is 0 Å². The molecule has 1 aliphatic rings. The molecule has 0 radical (unpaired) electrons. The number of halogens is 1. The van der Waals surface area contributed by atoms with Crippen LogP contribution in [0.3, 0.4) is 0 Å². The van der Waals surface area contributed by atoms with Crippen LogP contribution in [0.25, 0.3) is 5.57 Å². The number of carbonyl (C=O) groups excluding carboxylic acids is 2. The molecule has 22 heavy (non-hydrogen) atoms. The summed E-state index contributed by atoms with van der Waals surface area (Å²) in [5.41, 5.74) is 2.59. The predicted octanol–water partition coefficient (Wildman–Crippen LogP) is 3.77. The van der Waals surface area contributed by atoms with Crippen LogP contribution in [0.15, 0.2) is 59.6 Å². The van der Waals surface area contributed by atoms with Crippen molar-refractivity contribution in [1.82, 2.24) is 0 Å². The van der Waals surface area contributed by atoms with Gasteiger partial charge in [-0.1, -0.05) is 61.0 Å². The molecule has 0 aromatic heterocycles. The van der Waals surface area contributed by atoms with Crippen LogP contribution in [0.5, 0.6) is 0 Å². The van der Waals surface area contributed by atoms with Crippen LogP contribution < -0.4 is 4.90 Å². The molecule has 4 heteroatoms. The largest absolute Gasteiger partial charge is 0.277 e. The van der Waals surface area contributed by atoms with Gasteiger partial charge in [0.1, 0.15) is 5.03 Å². The Labute approximate surface area is 133 Å². The second-order valence-corrected chi connectivity index (χ2v) is 5.40. The Morgan fingerprint density at radius 3 is 2.14 bits per heavy atom. The summed E-state index contributed by atoms with van der Waals surface area (Å²) in [4.78, 5) is 26.1. The SMILES string of the molecule is CCc1ccc(N2C(=O)C(Cl)=C(c3ccccc3)C2=O)cc1. The van der Waals surface area contributed by atoms with Crippen LogP contribution in [0, 0.1) is 0 Å². The minimum atomic E-state index is -0.477. The van der Waals surface area contributed by atoms with Crippen LogP contribution in [0.1, 0.15) is 18.1 Å². The quantitative estimate of drug-likeness (QED) is 0.809. The third-order valence-electron chi connectivity index (χ3n) is 3.69. The van der Waals surface area contributed by atoms with Gasteiger partial charge in [0.05, 0.1) is 11.3 Å².